The van der Waals surface area contributed by atoms with Crippen molar-refractivity contribution in [2.75, 3.05) is 0 Å². The number of carboxylic acids is 1. The Hall–Kier alpha value is -2.84. The number of aliphatic carboxylic acids is 1. The van der Waals surface area contributed by atoms with Crippen molar-refractivity contribution in [3.8, 4) is 6.07 Å². The first-order valence-electron chi connectivity index (χ1n) is 6.70. The van der Waals surface area contributed by atoms with Crippen LogP contribution < -0.4 is 0 Å². The van der Waals surface area contributed by atoms with Crippen molar-refractivity contribution < 1.29 is 14.3 Å². The minimum absolute atomic E-state index is 0.0377. The van der Waals surface area contributed by atoms with Crippen LogP contribution in [0.1, 0.15) is 17.2 Å². The van der Waals surface area contributed by atoms with Crippen molar-refractivity contribution in [3.63, 3.8) is 0 Å². The smallest absolute Gasteiger partial charge is 0.331 e. The van der Waals surface area contributed by atoms with Gasteiger partial charge in [0.2, 0.25) is 0 Å². The van der Waals surface area contributed by atoms with Crippen molar-refractivity contribution in [2.45, 2.75) is 6.04 Å². The average molecular weight is 329 g/mol. The molecule has 4 nitrogen and oxygen atoms in total. The van der Waals surface area contributed by atoms with Crippen LogP contribution in [-0.2, 0) is 4.79 Å². The van der Waals surface area contributed by atoms with E-state index in [0.29, 0.717) is 16.5 Å². The maximum Gasteiger partial charge on any atom is 0.331 e. The highest BCUT2D eigenvalue weighted by Gasteiger charge is 2.26. The minimum atomic E-state index is -1.13. The quantitative estimate of drug-likeness (QED) is 0.790. The van der Waals surface area contributed by atoms with E-state index in [9.17, 15) is 14.3 Å². The van der Waals surface area contributed by atoms with E-state index in [0.717, 1.165) is 6.07 Å². The molecule has 1 heterocycles. The summed E-state index contributed by atoms with van der Waals surface area (Å²) in [5.41, 5.74) is 1.33. The summed E-state index contributed by atoms with van der Waals surface area (Å²) in [6, 6.07) is 11.3. The third-order valence-electron chi connectivity index (χ3n) is 3.65. The zero-order valence-electron chi connectivity index (χ0n) is 11.7. The monoisotopic (exact) mass is 328 g/mol. The lowest BCUT2D eigenvalue weighted by atomic mass is 10.1. The Morgan fingerprint density at radius 2 is 2.09 bits per heavy atom. The van der Waals surface area contributed by atoms with Crippen LogP contribution in [0.4, 0.5) is 4.39 Å². The highest BCUT2D eigenvalue weighted by molar-refractivity contribution is 6.31. The van der Waals surface area contributed by atoms with Crippen LogP contribution in [0.2, 0.25) is 5.02 Å². The molecule has 114 valence electrons. The molecule has 0 saturated heterocycles. The Kier molecular flexibility index (Phi) is 3.77. The van der Waals surface area contributed by atoms with Crippen molar-refractivity contribution in [1.82, 2.24) is 4.57 Å². The zero-order valence-corrected chi connectivity index (χ0v) is 12.5. The summed E-state index contributed by atoms with van der Waals surface area (Å²) in [5, 5.41) is 19.5. The van der Waals surface area contributed by atoms with Crippen molar-refractivity contribution in [3.05, 3.63) is 70.6 Å². The number of carboxylic acid groups (broad SMARTS) is 1. The molecule has 1 aromatic heterocycles. The summed E-state index contributed by atoms with van der Waals surface area (Å²) in [7, 11) is 0. The normalized spacial score (nSPS) is 12.0. The summed E-state index contributed by atoms with van der Waals surface area (Å²) in [6.45, 7) is 0. The van der Waals surface area contributed by atoms with Crippen LogP contribution in [0.15, 0.2) is 48.7 Å². The van der Waals surface area contributed by atoms with Crippen LogP contribution in [0, 0.1) is 17.1 Å². The van der Waals surface area contributed by atoms with Crippen LogP contribution in [0.3, 0.4) is 0 Å². The molecular weight excluding hydrogens is 319 g/mol. The molecule has 0 amide bonds. The number of hydrogen-bond acceptors (Lipinski definition) is 2. The molecule has 0 aliphatic rings. The molecule has 3 rings (SSSR count). The molecule has 0 radical (unpaired) electrons. The molecule has 1 N–H and O–H groups in total. The molecule has 3 aromatic rings. The van der Waals surface area contributed by atoms with Crippen LogP contribution in [0.5, 0.6) is 0 Å². The maximum atomic E-state index is 13.2. The molecule has 6 heteroatoms. The number of benzene rings is 2. The molecular formula is C17H10ClFN2O2. The SMILES string of the molecule is N#Cc1cccc2c1ccn2C(C(=O)O)c1ccc(F)cc1Cl. The highest BCUT2D eigenvalue weighted by Crippen LogP contribution is 2.31. The van der Waals surface area contributed by atoms with Crippen molar-refractivity contribution in [2.24, 2.45) is 0 Å². The molecule has 0 saturated carbocycles. The number of hydrogen-bond donors (Lipinski definition) is 1. The van der Waals surface area contributed by atoms with Gasteiger partial charge in [0.05, 0.1) is 17.1 Å². The molecule has 0 fully saturated rings. The number of halogens is 2. The predicted octanol–water partition coefficient (Wildman–Crippen LogP) is 3.98. The fourth-order valence-corrected chi connectivity index (χ4v) is 2.91. The zero-order chi connectivity index (χ0) is 16.6. The van der Waals surface area contributed by atoms with Gasteiger partial charge in [0, 0.05) is 22.2 Å². The van der Waals surface area contributed by atoms with Gasteiger partial charge < -0.3 is 9.67 Å². The fraction of sp³-hybridized carbons (Fsp3) is 0.0588. The lowest BCUT2D eigenvalue weighted by Gasteiger charge is -2.17. The third-order valence-corrected chi connectivity index (χ3v) is 3.98. The molecule has 0 aliphatic heterocycles. The first-order chi connectivity index (χ1) is 11.0. The Bertz CT molecular complexity index is 959. The second kappa shape index (κ2) is 5.75. The molecule has 0 bridgehead atoms. The van der Waals surface area contributed by atoms with Crippen LogP contribution in [0.25, 0.3) is 10.9 Å². The van der Waals surface area contributed by atoms with E-state index >= 15 is 0 Å². The summed E-state index contributed by atoms with van der Waals surface area (Å²) in [4.78, 5) is 11.8. The number of nitriles is 1. The van der Waals surface area contributed by atoms with Gasteiger partial charge in [-0.3, -0.25) is 0 Å². The number of aromatic nitrogens is 1. The van der Waals surface area contributed by atoms with E-state index in [-0.39, 0.29) is 10.6 Å². The Labute approximate surface area is 136 Å². The largest absolute Gasteiger partial charge is 0.479 e. The first-order valence-corrected chi connectivity index (χ1v) is 7.08. The van der Waals surface area contributed by atoms with Gasteiger partial charge in [0.15, 0.2) is 6.04 Å². The summed E-state index contributed by atoms with van der Waals surface area (Å²) < 4.78 is 14.7. The number of fused-ring (bicyclic) bond motifs is 1. The molecule has 0 spiro atoms. The third kappa shape index (κ3) is 2.54. The Balaban J connectivity index is 2.24. The van der Waals surface area contributed by atoms with Gasteiger partial charge in [0.1, 0.15) is 5.82 Å². The number of nitrogens with zero attached hydrogens (tertiary/aromatic N) is 2. The van der Waals surface area contributed by atoms with E-state index in [1.165, 1.54) is 16.7 Å². The van der Waals surface area contributed by atoms with Gasteiger partial charge >= 0.3 is 5.97 Å². The van der Waals surface area contributed by atoms with Crippen LogP contribution in [-0.4, -0.2) is 15.6 Å². The van der Waals surface area contributed by atoms with Gasteiger partial charge in [0.25, 0.3) is 0 Å². The summed E-state index contributed by atoms with van der Waals surface area (Å²) in [6.07, 6.45) is 1.59. The fourth-order valence-electron chi connectivity index (χ4n) is 2.64. The van der Waals surface area contributed by atoms with Gasteiger partial charge in [-0.15, -0.1) is 0 Å². The molecule has 1 atom stereocenters. The van der Waals surface area contributed by atoms with E-state index < -0.39 is 17.8 Å². The molecule has 1 unspecified atom stereocenters. The summed E-state index contributed by atoms with van der Waals surface area (Å²) in [5.74, 6) is -1.66. The van der Waals surface area contributed by atoms with E-state index in [4.69, 9.17) is 16.9 Å². The van der Waals surface area contributed by atoms with E-state index in [1.54, 1.807) is 30.5 Å². The topological polar surface area (TPSA) is 66.0 Å². The Morgan fingerprint density at radius 3 is 2.74 bits per heavy atom. The highest BCUT2D eigenvalue weighted by atomic mass is 35.5. The molecule has 2 aromatic carbocycles. The van der Waals surface area contributed by atoms with Crippen molar-refractivity contribution in [1.29, 1.82) is 5.26 Å². The van der Waals surface area contributed by atoms with E-state index in [1.807, 2.05) is 0 Å². The number of carbonyl (C=O) groups is 1. The van der Waals surface area contributed by atoms with Crippen molar-refractivity contribution >= 4 is 28.5 Å². The van der Waals surface area contributed by atoms with Gasteiger partial charge in [-0.1, -0.05) is 23.7 Å². The standard InChI is InChI=1S/C17H10ClFN2O2/c18-14-8-11(19)4-5-13(14)16(17(22)23)21-7-6-12-10(9-20)2-1-3-15(12)21/h1-8,16H,(H,22,23). The van der Waals surface area contributed by atoms with Gasteiger partial charge in [-0.2, -0.15) is 5.26 Å². The number of rotatable bonds is 3. The minimum Gasteiger partial charge on any atom is -0.479 e. The summed E-state index contributed by atoms with van der Waals surface area (Å²) >= 11 is 6.03. The predicted molar refractivity (Wildman–Crippen MR) is 83.8 cm³/mol. The van der Waals surface area contributed by atoms with Crippen LogP contribution >= 0.6 is 11.6 Å². The lowest BCUT2D eigenvalue weighted by Crippen LogP contribution is -2.20. The maximum absolute atomic E-state index is 13.2. The second-order valence-corrected chi connectivity index (χ2v) is 5.39. The molecule has 23 heavy (non-hydrogen) atoms. The lowest BCUT2D eigenvalue weighted by molar-refractivity contribution is -0.139. The van der Waals surface area contributed by atoms with Gasteiger partial charge in [-0.05, 0) is 30.3 Å². The molecule has 0 aliphatic carbocycles. The first kappa shape index (κ1) is 15.1. The Morgan fingerprint density at radius 1 is 1.30 bits per heavy atom. The van der Waals surface area contributed by atoms with E-state index in [2.05, 4.69) is 6.07 Å². The second-order valence-electron chi connectivity index (χ2n) is 4.98. The van der Waals surface area contributed by atoms with Gasteiger partial charge in [-0.25, -0.2) is 9.18 Å². The average Bonchev–Trinajstić information content (AvgIpc) is 2.93.